The number of fused-ring (bicyclic) bond motifs is 2. The van der Waals surface area contributed by atoms with Crippen LogP contribution in [0.25, 0.3) is 44.6 Å². The minimum Gasteiger partial charge on any atom is -0.716 e. The molecule has 0 aliphatic heterocycles. The van der Waals surface area contributed by atoms with Gasteiger partial charge in [-0.3, -0.25) is 18.7 Å². The summed E-state index contributed by atoms with van der Waals surface area (Å²) < 4.78 is 78.3. The normalized spacial score (nSPS) is 11.9. The van der Waals surface area contributed by atoms with Gasteiger partial charge in [0.15, 0.2) is 0 Å². The van der Waals surface area contributed by atoms with E-state index in [1.165, 1.54) is 57.7 Å². The summed E-state index contributed by atoms with van der Waals surface area (Å²) in [6, 6.07) is 32.0. The molecule has 0 fully saturated rings. The van der Waals surface area contributed by atoms with Gasteiger partial charge in [0, 0.05) is 11.1 Å². The molecule has 0 atom stereocenters. The first-order valence-electron chi connectivity index (χ1n) is 15.4. The van der Waals surface area contributed by atoms with E-state index in [9.17, 15) is 35.5 Å². The number of hydrogen-bond donors (Lipinski definition) is 0. The molecule has 52 heavy (non-hydrogen) atoms. The van der Waals surface area contributed by atoms with Crippen LogP contribution in [0.3, 0.4) is 0 Å². The Morgan fingerprint density at radius 2 is 0.904 bits per heavy atom. The second-order valence-electron chi connectivity index (χ2n) is 11.5. The van der Waals surface area contributed by atoms with E-state index in [1.54, 1.807) is 54.6 Å². The van der Waals surface area contributed by atoms with Crippen molar-refractivity contribution in [3.63, 3.8) is 0 Å². The lowest BCUT2D eigenvalue weighted by Crippen LogP contribution is -2.25. The minimum atomic E-state index is -4.99. The third kappa shape index (κ3) is 7.45. The fraction of sp³-hybridized carbons (Fsp3) is 0.0556. The van der Waals surface area contributed by atoms with Crippen molar-refractivity contribution in [1.29, 1.82) is 0 Å². The Hall–Kier alpha value is -6.20. The topological polar surface area (TPSA) is 203 Å². The summed E-state index contributed by atoms with van der Waals surface area (Å²) >= 11 is 0. The Bertz CT molecular complexity index is 2650. The van der Waals surface area contributed by atoms with E-state index >= 15 is 0 Å². The van der Waals surface area contributed by atoms with Crippen LogP contribution in [-0.4, -0.2) is 45.0 Å². The van der Waals surface area contributed by atoms with Gasteiger partial charge >= 0.3 is 0 Å². The molecule has 0 N–H and O–H groups in total. The zero-order valence-corrected chi connectivity index (χ0v) is 28.3. The highest BCUT2D eigenvalue weighted by Gasteiger charge is 2.17. The number of rotatable bonds is 10. The third-order valence-corrected chi connectivity index (χ3v) is 8.81. The lowest BCUT2D eigenvalue weighted by molar-refractivity contribution is 0.370. The molecule has 7 rings (SSSR count). The molecule has 262 valence electrons. The SMILES string of the molecule is O=c1c2ccccc2nc(-c2ccc(OS(=O)(=O)[O-])cc2)n1Cc1cccc(Cn2c(-c3ccc(OS(=O)(=O)[O-])cc3)nc3ccccc3c2=O)c1. The standard InChI is InChI=1S/C36H26N4O10S2/c41-35-29-8-1-3-10-31(29)37-33(25-12-16-27(17-13-25)49-51(43,44)45)39(35)21-23-6-5-7-24(20-23)22-40-34(38-32-11-4-2-9-30(32)36(40)42)26-14-18-28(19-15-26)50-52(46,47)48/h1-20H,21-22H2,(H,43,44,45)(H,46,47,48)/p-2. The van der Waals surface area contributed by atoms with Crippen molar-refractivity contribution in [2.75, 3.05) is 0 Å². The molecular formula is C36H24N4O10S2-2. The predicted octanol–water partition coefficient (Wildman–Crippen LogP) is 4.22. The largest absolute Gasteiger partial charge is 0.716 e. The fourth-order valence-electron chi connectivity index (χ4n) is 5.82. The van der Waals surface area contributed by atoms with Crippen molar-refractivity contribution in [2.45, 2.75) is 13.1 Å². The summed E-state index contributed by atoms with van der Waals surface area (Å²) in [5, 5.41) is 0.755. The smallest absolute Gasteiger partial charge is 0.262 e. The van der Waals surface area contributed by atoms with E-state index in [0.29, 0.717) is 44.1 Å². The Balaban J connectivity index is 1.28. The summed E-state index contributed by atoms with van der Waals surface area (Å²) in [7, 11) is -9.97. The molecular weight excluding hydrogens is 713 g/mol. The lowest BCUT2D eigenvalue weighted by Gasteiger charge is -2.17. The van der Waals surface area contributed by atoms with Crippen LogP contribution in [0.4, 0.5) is 0 Å². The summed E-state index contributed by atoms with van der Waals surface area (Å²) in [4.78, 5) is 37.3. The zero-order valence-electron chi connectivity index (χ0n) is 26.6. The second-order valence-corrected chi connectivity index (χ2v) is 13.5. The highest BCUT2D eigenvalue weighted by Crippen LogP contribution is 2.26. The van der Waals surface area contributed by atoms with Crippen LogP contribution in [0.2, 0.25) is 0 Å². The fourth-order valence-corrected chi connectivity index (χ4v) is 6.51. The molecule has 2 heterocycles. The molecule has 2 aromatic heterocycles. The van der Waals surface area contributed by atoms with Crippen molar-refractivity contribution in [3.05, 3.63) is 153 Å². The molecule has 0 spiro atoms. The number of hydrogen-bond acceptors (Lipinski definition) is 12. The molecule has 14 nitrogen and oxygen atoms in total. The van der Waals surface area contributed by atoms with Gasteiger partial charge in [-0.25, -0.2) is 26.8 Å². The molecule has 5 aromatic carbocycles. The van der Waals surface area contributed by atoms with Crippen LogP contribution >= 0.6 is 0 Å². The zero-order chi connectivity index (χ0) is 36.6. The van der Waals surface area contributed by atoms with Crippen molar-refractivity contribution >= 4 is 42.6 Å². The van der Waals surface area contributed by atoms with Gasteiger partial charge in [-0.15, -0.1) is 0 Å². The van der Waals surface area contributed by atoms with Gasteiger partial charge in [0.1, 0.15) is 23.1 Å². The second kappa shape index (κ2) is 13.5. The van der Waals surface area contributed by atoms with Crippen LogP contribution in [0.5, 0.6) is 11.5 Å². The van der Waals surface area contributed by atoms with Gasteiger partial charge in [-0.1, -0.05) is 48.5 Å². The number of nitrogens with zero attached hydrogens (tertiary/aromatic N) is 4. The van der Waals surface area contributed by atoms with Gasteiger partial charge in [-0.05, 0) is 83.9 Å². The summed E-state index contributed by atoms with van der Waals surface area (Å²) in [5.41, 5.74) is 2.53. The Kier molecular flexibility index (Phi) is 8.89. The van der Waals surface area contributed by atoms with Crippen LogP contribution < -0.4 is 19.5 Å². The lowest BCUT2D eigenvalue weighted by atomic mass is 10.1. The molecule has 0 radical (unpaired) electrons. The summed E-state index contributed by atoms with van der Waals surface area (Å²) in [6.07, 6.45) is 0. The molecule has 16 heteroatoms. The van der Waals surface area contributed by atoms with Crippen molar-refractivity contribution in [3.8, 4) is 34.3 Å². The van der Waals surface area contributed by atoms with Gasteiger partial charge in [-0.2, -0.15) is 0 Å². The Morgan fingerprint density at radius 1 is 0.519 bits per heavy atom. The molecule has 0 aliphatic rings. The Labute approximate surface area is 295 Å². The van der Waals surface area contributed by atoms with E-state index in [2.05, 4.69) is 8.37 Å². The molecule has 0 saturated heterocycles. The van der Waals surface area contributed by atoms with Crippen LogP contribution in [-0.2, 0) is 33.9 Å². The van der Waals surface area contributed by atoms with E-state index in [0.717, 1.165) is 0 Å². The quantitative estimate of drug-likeness (QED) is 0.143. The van der Waals surface area contributed by atoms with E-state index in [4.69, 9.17) is 9.97 Å². The molecule has 0 aliphatic carbocycles. The van der Waals surface area contributed by atoms with E-state index in [-0.39, 0.29) is 47.4 Å². The monoisotopic (exact) mass is 736 g/mol. The molecule has 7 aromatic rings. The number of benzene rings is 5. The first-order chi connectivity index (χ1) is 24.8. The first kappa shape index (κ1) is 34.3. The number of aromatic nitrogens is 4. The van der Waals surface area contributed by atoms with Crippen LogP contribution in [0.15, 0.2) is 131 Å². The number of para-hydroxylation sites is 2. The van der Waals surface area contributed by atoms with Crippen molar-refractivity contribution in [2.24, 2.45) is 0 Å². The van der Waals surface area contributed by atoms with Crippen molar-refractivity contribution < 1.29 is 34.3 Å². The van der Waals surface area contributed by atoms with E-state index < -0.39 is 20.8 Å². The van der Waals surface area contributed by atoms with Gasteiger partial charge in [0.2, 0.25) is 0 Å². The molecule has 0 unspecified atom stereocenters. The molecule has 0 bridgehead atoms. The third-order valence-electron chi connectivity index (χ3n) is 8.02. The van der Waals surface area contributed by atoms with Crippen molar-refractivity contribution in [1.82, 2.24) is 19.1 Å². The first-order valence-corrected chi connectivity index (χ1v) is 18.1. The Morgan fingerprint density at radius 3 is 1.29 bits per heavy atom. The van der Waals surface area contributed by atoms with Crippen LogP contribution in [0.1, 0.15) is 11.1 Å². The molecule has 0 amide bonds. The predicted molar refractivity (Wildman–Crippen MR) is 188 cm³/mol. The summed E-state index contributed by atoms with van der Waals surface area (Å²) in [6.45, 7) is 0.129. The minimum absolute atomic E-state index is 0.0643. The van der Waals surface area contributed by atoms with Gasteiger partial charge < -0.3 is 17.5 Å². The maximum atomic E-state index is 13.9. The van der Waals surface area contributed by atoms with Gasteiger partial charge in [0.05, 0.1) is 34.9 Å². The van der Waals surface area contributed by atoms with Crippen LogP contribution in [0, 0.1) is 0 Å². The highest BCUT2D eigenvalue weighted by molar-refractivity contribution is 7.81. The molecule has 0 saturated carbocycles. The highest BCUT2D eigenvalue weighted by atomic mass is 32.3. The van der Waals surface area contributed by atoms with E-state index in [1.807, 2.05) is 18.2 Å². The maximum absolute atomic E-state index is 13.9. The average Bonchev–Trinajstić information content (AvgIpc) is 3.10. The summed E-state index contributed by atoms with van der Waals surface area (Å²) in [5.74, 6) is 0.164. The maximum Gasteiger partial charge on any atom is 0.262 e. The van der Waals surface area contributed by atoms with Gasteiger partial charge in [0.25, 0.3) is 31.9 Å². The average molecular weight is 737 g/mol.